The monoisotopic (exact) mass is 494 g/mol. The lowest BCUT2D eigenvalue weighted by Crippen LogP contribution is -2.58. The van der Waals surface area contributed by atoms with Crippen LogP contribution in [-0.4, -0.2) is 54.5 Å². The summed E-state index contributed by atoms with van der Waals surface area (Å²) in [4.78, 5) is 40.0. The first kappa shape index (κ1) is 23.6. The number of nitrogens with one attached hydrogen (secondary N) is 1. The number of carbonyl (C=O) groups is 3. The second-order valence-electron chi connectivity index (χ2n) is 8.10. The van der Waals surface area contributed by atoms with Crippen LogP contribution in [0.15, 0.2) is 22.7 Å². The van der Waals surface area contributed by atoms with Gasteiger partial charge in [0.2, 0.25) is 5.91 Å². The maximum atomic E-state index is 13.4. The summed E-state index contributed by atoms with van der Waals surface area (Å²) in [5.74, 6) is -0.599. The maximum absolute atomic E-state index is 13.4. The van der Waals surface area contributed by atoms with Crippen molar-refractivity contribution in [2.75, 3.05) is 19.7 Å². The normalized spacial score (nSPS) is 19.6. The van der Waals surface area contributed by atoms with Gasteiger partial charge in [-0.3, -0.25) is 14.4 Å². The van der Waals surface area contributed by atoms with E-state index in [-0.39, 0.29) is 24.3 Å². The first-order chi connectivity index (χ1) is 15.0. The number of nitrogens with zero attached hydrogens (tertiary/aromatic N) is 1. The number of carbonyl (C=O) groups excluding carboxylic acids is 3. The molecule has 1 aromatic carbocycles. The molecular formula is C23H31BrN2O5. The molecule has 31 heavy (non-hydrogen) atoms. The summed E-state index contributed by atoms with van der Waals surface area (Å²) in [6.07, 6.45) is 6.63. The van der Waals surface area contributed by atoms with Gasteiger partial charge in [0.15, 0.2) is 0 Å². The third kappa shape index (κ3) is 6.45. The average Bonchev–Trinajstić information content (AvgIpc) is 2.76. The van der Waals surface area contributed by atoms with Crippen molar-refractivity contribution in [2.45, 2.75) is 70.4 Å². The number of benzene rings is 1. The van der Waals surface area contributed by atoms with Gasteiger partial charge in [0, 0.05) is 17.6 Å². The van der Waals surface area contributed by atoms with E-state index in [2.05, 4.69) is 28.2 Å². The summed E-state index contributed by atoms with van der Waals surface area (Å²) in [5.41, 5.74) is 0.380. The van der Waals surface area contributed by atoms with Gasteiger partial charge in [0.1, 0.15) is 17.9 Å². The second-order valence-corrected chi connectivity index (χ2v) is 9.02. The van der Waals surface area contributed by atoms with Crippen LogP contribution in [-0.2, 0) is 14.3 Å². The van der Waals surface area contributed by atoms with Crippen molar-refractivity contribution in [3.63, 3.8) is 0 Å². The molecule has 1 saturated heterocycles. The SMILES string of the molecule is CCCCOc1ccc(Br)cc1C(=O)N1CCNC(=O)C1CC(=O)OC1CCCCC1. The first-order valence-corrected chi connectivity index (χ1v) is 12.0. The van der Waals surface area contributed by atoms with Gasteiger partial charge in [0.25, 0.3) is 5.91 Å². The molecule has 0 radical (unpaired) electrons. The van der Waals surface area contributed by atoms with Crippen molar-refractivity contribution in [1.82, 2.24) is 10.2 Å². The molecule has 2 amide bonds. The van der Waals surface area contributed by atoms with E-state index in [0.29, 0.717) is 31.0 Å². The molecule has 0 bridgehead atoms. The van der Waals surface area contributed by atoms with Gasteiger partial charge in [-0.1, -0.05) is 35.7 Å². The predicted octanol–water partition coefficient (Wildman–Crippen LogP) is 3.83. The van der Waals surface area contributed by atoms with Crippen molar-refractivity contribution in [1.29, 1.82) is 0 Å². The quantitative estimate of drug-likeness (QED) is 0.438. The number of halogens is 1. The Hall–Kier alpha value is -2.09. The van der Waals surface area contributed by atoms with Crippen LogP contribution in [0.25, 0.3) is 0 Å². The fraction of sp³-hybridized carbons (Fsp3) is 0.609. The molecule has 0 aromatic heterocycles. The Kier molecular flexibility index (Phi) is 8.75. The Labute approximate surface area is 192 Å². The lowest BCUT2D eigenvalue weighted by Gasteiger charge is -2.35. The molecule has 1 aromatic rings. The van der Waals surface area contributed by atoms with Crippen LogP contribution < -0.4 is 10.1 Å². The number of amides is 2. The second kappa shape index (κ2) is 11.5. The molecule has 1 saturated carbocycles. The summed E-state index contributed by atoms with van der Waals surface area (Å²) < 4.78 is 12.2. The molecule has 1 aliphatic carbocycles. The van der Waals surface area contributed by atoms with Crippen molar-refractivity contribution in [3.8, 4) is 5.75 Å². The minimum Gasteiger partial charge on any atom is -0.493 e. The largest absolute Gasteiger partial charge is 0.493 e. The molecule has 2 aliphatic rings. The third-order valence-electron chi connectivity index (χ3n) is 5.73. The van der Waals surface area contributed by atoms with Crippen molar-refractivity contribution in [3.05, 3.63) is 28.2 Å². The minimum atomic E-state index is -0.889. The Morgan fingerprint density at radius 2 is 2.00 bits per heavy atom. The molecule has 1 atom stereocenters. The molecule has 0 spiro atoms. The summed E-state index contributed by atoms with van der Waals surface area (Å²) in [7, 11) is 0. The molecule has 1 unspecified atom stereocenters. The fourth-order valence-corrected chi connectivity index (χ4v) is 4.37. The molecule has 2 fully saturated rings. The van der Waals surface area contributed by atoms with Gasteiger partial charge in [-0.25, -0.2) is 0 Å². The predicted molar refractivity (Wildman–Crippen MR) is 120 cm³/mol. The Bertz CT molecular complexity index is 794. The number of hydrogen-bond donors (Lipinski definition) is 1. The van der Waals surface area contributed by atoms with Gasteiger partial charge in [0.05, 0.1) is 18.6 Å². The maximum Gasteiger partial charge on any atom is 0.308 e. The van der Waals surface area contributed by atoms with Crippen molar-refractivity contribution >= 4 is 33.7 Å². The fourth-order valence-electron chi connectivity index (χ4n) is 4.01. The third-order valence-corrected chi connectivity index (χ3v) is 6.22. The molecule has 3 rings (SSSR count). The zero-order valence-electron chi connectivity index (χ0n) is 18.0. The highest BCUT2D eigenvalue weighted by Gasteiger charge is 2.37. The number of piperazine rings is 1. The van der Waals surface area contributed by atoms with Crippen molar-refractivity contribution in [2.24, 2.45) is 0 Å². The highest BCUT2D eigenvalue weighted by atomic mass is 79.9. The van der Waals surface area contributed by atoms with E-state index in [4.69, 9.17) is 9.47 Å². The van der Waals surface area contributed by atoms with Crippen LogP contribution in [0.4, 0.5) is 0 Å². The van der Waals surface area contributed by atoms with Crippen LogP contribution in [0, 0.1) is 0 Å². The van der Waals surface area contributed by atoms with E-state index in [1.165, 1.54) is 4.90 Å². The van der Waals surface area contributed by atoms with Crippen molar-refractivity contribution < 1.29 is 23.9 Å². The summed E-state index contributed by atoms with van der Waals surface area (Å²) in [5, 5.41) is 2.76. The van der Waals surface area contributed by atoms with E-state index in [9.17, 15) is 14.4 Å². The van der Waals surface area contributed by atoms with Gasteiger partial charge in [-0.15, -0.1) is 0 Å². The smallest absolute Gasteiger partial charge is 0.308 e. The van der Waals surface area contributed by atoms with Gasteiger partial charge < -0.3 is 19.7 Å². The number of esters is 1. The summed E-state index contributed by atoms with van der Waals surface area (Å²) in [6, 6.07) is 4.39. The number of unbranched alkanes of at least 4 members (excludes halogenated alkanes) is 1. The number of hydrogen-bond acceptors (Lipinski definition) is 5. The van der Waals surface area contributed by atoms with E-state index < -0.39 is 12.0 Å². The molecule has 170 valence electrons. The number of rotatable bonds is 8. The molecule has 1 aliphatic heterocycles. The van der Waals surface area contributed by atoms with Gasteiger partial charge in [-0.05, 0) is 50.3 Å². The standard InChI is InChI=1S/C23H31BrN2O5/c1-2-3-13-30-20-10-9-16(24)14-18(20)23(29)26-12-11-25-22(28)19(26)15-21(27)31-17-7-5-4-6-8-17/h9-10,14,17,19H,2-8,11-13,15H2,1H3,(H,25,28). The van der Waals surface area contributed by atoms with Crippen LogP contribution >= 0.6 is 15.9 Å². The Morgan fingerprint density at radius 1 is 1.23 bits per heavy atom. The van der Waals surface area contributed by atoms with E-state index >= 15 is 0 Å². The van der Waals surface area contributed by atoms with E-state index in [0.717, 1.165) is 49.4 Å². The van der Waals surface area contributed by atoms with Crippen LogP contribution in [0.1, 0.15) is 68.6 Å². The molecule has 1 heterocycles. The lowest BCUT2D eigenvalue weighted by molar-refractivity contribution is -0.153. The highest BCUT2D eigenvalue weighted by molar-refractivity contribution is 9.10. The zero-order valence-corrected chi connectivity index (χ0v) is 19.6. The molecular weight excluding hydrogens is 464 g/mol. The van der Waals surface area contributed by atoms with Crippen LogP contribution in [0.3, 0.4) is 0 Å². The molecule has 8 heteroatoms. The summed E-state index contributed by atoms with van der Waals surface area (Å²) >= 11 is 3.41. The van der Waals surface area contributed by atoms with Gasteiger partial charge >= 0.3 is 5.97 Å². The lowest BCUT2D eigenvalue weighted by atomic mass is 9.98. The van der Waals surface area contributed by atoms with Crippen LogP contribution in [0.5, 0.6) is 5.75 Å². The highest BCUT2D eigenvalue weighted by Crippen LogP contribution is 2.27. The summed E-state index contributed by atoms with van der Waals surface area (Å²) in [6.45, 7) is 3.25. The number of ether oxygens (including phenoxy) is 2. The Balaban J connectivity index is 1.74. The molecule has 1 N–H and O–H groups in total. The zero-order chi connectivity index (χ0) is 22.2. The van der Waals surface area contributed by atoms with E-state index in [1.54, 1.807) is 12.1 Å². The van der Waals surface area contributed by atoms with Crippen LogP contribution in [0.2, 0.25) is 0 Å². The molecule has 7 nitrogen and oxygen atoms in total. The van der Waals surface area contributed by atoms with E-state index in [1.807, 2.05) is 6.07 Å². The Morgan fingerprint density at radius 3 is 2.74 bits per heavy atom. The van der Waals surface area contributed by atoms with Gasteiger partial charge in [-0.2, -0.15) is 0 Å². The average molecular weight is 495 g/mol. The minimum absolute atomic E-state index is 0.0827. The topological polar surface area (TPSA) is 84.9 Å². The first-order valence-electron chi connectivity index (χ1n) is 11.2.